The maximum absolute atomic E-state index is 9.92. The average molecular weight is 276 g/mol. The van der Waals surface area contributed by atoms with Crippen molar-refractivity contribution in [3.8, 4) is 0 Å². The molecule has 108 valence electrons. The number of hydrogen-bond donors (Lipinski definition) is 0. The third-order valence-electron chi connectivity index (χ3n) is 2.39. The molecule has 0 bridgehead atoms. The first-order valence-corrected chi connectivity index (χ1v) is 6.09. The molecule has 4 heteroatoms. The summed E-state index contributed by atoms with van der Waals surface area (Å²) in [5, 5.41) is 0. The van der Waals surface area contributed by atoms with Gasteiger partial charge in [-0.25, -0.2) is 9.59 Å². The van der Waals surface area contributed by atoms with E-state index in [-0.39, 0.29) is 11.8 Å². The molecule has 1 heterocycles. The lowest BCUT2D eigenvalue weighted by Gasteiger charge is -2.10. The van der Waals surface area contributed by atoms with Crippen molar-refractivity contribution in [3.05, 3.63) is 62.8 Å². The lowest BCUT2D eigenvalue weighted by Crippen LogP contribution is -2.09. The second-order valence-electron chi connectivity index (χ2n) is 3.88. The Hall–Kier alpha value is -2.20. The predicted molar refractivity (Wildman–Crippen MR) is 78.8 cm³/mol. The van der Waals surface area contributed by atoms with Gasteiger partial charge in [-0.05, 0) is 0 Å². The smallest absolute Gasteiger partial charge is 0.338 e. The van der Waals surface area contributed by atoms with Crippen LogP contribution in [0.5, 0.6) is 0 Å². The summed E-state index contributed by atoms with van der Waals surface area (Å²) in [6.07, 6.45) is 9.46. The number of carbonyl (C=O) groups is 2. The zero-order valence-electron chi connectivity index (χ0n) is 11.5. The number of esters is 2. The van der Waals surface area contributed by atoms with Gasteiger partial charge in [0.1, 0.15) is 0 Å². The van der Waals surface area contributed by atoms with Gasteiger partial charge in [0.15, 0.2) is 0 Å². The van der Waals surface area contributed by atoms with Gasteiger partial charge in [-0.1, -0.05) is 24.3 Å². The average Bonchev–Trinajstić information content (AvgIpc) is 2.83. The molecular formula is C16H20O4. The number of cyclic esters (lactones) is 2. The Morgan fingerprint density at radius 1 is 0.900 bits per heavy atom. The van der Waals surface area contributed by atoms with Gasteiger partial charge in [-0.3, -0.25) is 0 Å². The van der Waals surface area contributed by atoms with Crippen LogP contribution in [0.3, 0.4) is 0 Å². The summed E-state index contributed by atoms with van der Waals surface area (Å²) in [6.45, 7) is 16.0. The van der Waals surface area contributed by atoms with Crippen LogP contribution in [0.15, 0.2) is 62.8 Å². The van der Waals surface area contributed by atoms with Crippen molar-refractivity contribution in [2.45, 2.75) is 0 Å². The minimum absolute atomic E-state index is 0.232. The number of rotatable bonds is 8. The monoisotopic (exact) mass is 276 g/mol. The zero-order chi connectivity index (χ0) is 15.4. The molecule has 1 rings (SSSR count). The topological polar surface area (TPSA) is 52.6 Å². The van der Waals surface area contributed by atoms with E-state index in [4.69, 9.17) is 4.74 Å². The Labute approximate surface area is 119 Å². The SMILES string of the molecule is C=CC(C=C)COCC(C=C)C=C.O=C1C=CC(=O)O1. The first kappa shape index (κ1) is 17.8. The van der Waals surface area contributed by atoms with E-state index < -0.39 is 11.9 Å². The van der Waals surface area contributed by atoms with Crippen LogP contribution >= 0.6 is 0 Å². The molecule has 0 saturated heterocycles. The van der Waals surface area contributed by atoms with Crippen LogP contribution in [-0.4, -0.2) is 25.2 Å². The Bertz CT molecular complexity index is 355. The maximum Gasteiger partial charge on any atom is 0.338 e. The van der Waals surface area contributed by atoms with E-state index >= 15 is 0 Å². The highest BCUT2D eigenvalue weighted by Gasteiger charge is 2.10. The summed E-state index contributed by atoms with van der Waals surface area (Å²) < 4.78 is 9.41. The highest BCUT2D eigenvalue weighted by Crippen LogP contribution is 2.04. The minimum Gasteiger partial charge on any atom is -0.387 e. The van der Waals surface area contributed by atoms with Crippen molar-refractivity contribution >= 4 is 11.9 Å². The van der Waals surface area contributed by atoms with E-state index in [2.05, 4.69) is 31.1 Å². The fourth-order valence-corrected chi connectivity index (χ4v) is 1.11. The Morgan fingerprint density at radius 2 is 1.25 bits per heavy atom. The Morgan fingerprint density at radius 3 is 1.45 bits per heavy atom. The third-order valence-corrected chi connectivity index (χ3v) is 2.39. The molecule has 0 amide bonds. The van der Waals surface area contributed by atoms with Gasteiger partial charge in [0.05, 0.1) is 13.2 Å². The molecule has 0 radical (unpaired) electrons. The molecule has 0 atom stereocenters. The van der Waals surface area contributed by atoms with E-state index in [0.717, 1.165) is 12.2 Å². The van der Waals surface area contributed by atoms with Crippen molar-refractivity contribution in [3.63, 3.8) is 0 Å². The van der Waals surface area contributed by atoms with Gasteiger partial charge in [0.2, 0.25) is 0 Å². The molecule has 1 aliphatic heterocycles. The van der Waals surface area contributed by atoms with Gasteiger partial charge < -0.3 is 9.47 Å². The second-order valence-corrected chi connectivity index (χ2v) is 3.88. The van der Waals surface area contributed by atoms with Gasteiger partial charge in [-0.2, -0.15) is 0 Å². The van der Waals surface area contributed by atoms with Crippen LogP contribution in [0.2, 0.25) is 0 Å². The largest absolute Gasteiger partial charge is 0.387 e. The van der Waals surface area contributed by atoms with Crippen LogP contribution in [0.1, 0.15) is 0 Å². The highest BCUT2D eigenvalue weighted by molar-refractivity contribution is 6.04. The van der Waals surface area contributed by atoms with Gasteiger partial charge in [-0.15, -0.1) is 26.3 Å². The molecule has 0 fully saturated rings. The Kier molecular flexibility index (Phi) is 9.52. The van der Waals surface area contributed by atoms with Crippen LogP contribution in [-0.2, 0) is 19.1 Å². The van der Waals surface area contributed by atoms with E-state index in [0.29, 0.717) is 13.2 Å². The minimum atomic E-state index is -0.579. The van der Waals surface area contributed by atoms with Crippen molar-refractivity contribution < 1.29 is 19.1 Å². The maximum atomic E-state index is 9.92. The summed E-state index contributed by atoms with van der Waals surface area (Å²) in [6, 6.07) is 0. The quantitative estimate of drug-likeness (QED) is 0.388. The highest BCUT2D eigenvalue weighted by atomic mass is 16.6. The molecule has 1 aliphatic rings. The van der Waals surface area contributed by atoms with E-state index in [1.807, 2.05) is 24.3 Å². The van der Waals surface area contributed by atoms with Gasteiger partial charge in [0, 0.05) is 24.0 Å². The predicted octanol–water partition coefficient (Wildman–Crippen LogP) is 2.61. The van der Waals surface area contributed by atoms with Crippen LogP contribution in [0.4, 0.5) is 0 Å². The molecule has 0 aromatic rings. The van der Waals surface area contributed by atoms with Crippen LogP contribution in [0.25, 0.3) is 0 Å². The normalized spacial score (nSPS) is 12.7. The van der Waals surface area contributed by atoms with Gasteiger partial charge in [0.25, 0.3) is 0 Å². The molecule has 0 aromatic carbocycles. The standard InChI is InChI=1S/C12H18O.C4H2O3/c1-5-11(6-2)9-13-10-12(7-3)8-4;5-3-1-2-4(6)7-3/h5-8,11-12H,1-4,9-10H2;1-2H. The summed E-state index contributed by atoms with van der Waals surface area (Å²) >= 11 is 0. The zero-order valence-corrected chi connectivity index (χ0v) is 11.5. The third kappa shape index (κ3) is 8.00. The first-order valence-electron chi connectivity index (χ1n) is 6.09. The first-order chi connectivity index (χ1) is 9.57. The molecule has 0 saturated carbocycles. The van der Waals surface area contributed by atoms with Gasteiger partial charge >= 0.3 is 11.9 Å². The second kappa shape index (κ2) is 10.7. The van der Waals surface area contributed by atoms with Crippen molar-refractivity contribution in [1.82, 2.24) is 0 Å². The molecule has 0 N–H and O–H groups in total. The fourth-order valence-electron chi connectivity index (χ4n) is 1.11. The number of ether oxygens (including phenoxy) is 2. The Balaban J connectivity index is 0.000000428. The van der Waals surface area contributed by atoms with Crippen molar-refractivity contribution in [1.29, 1.82) is 0 Å². The molecule has 0 aliphatic carbocycles. The van der Waals surface area contributed by atoms with E-state index in [9.17, 15) is 9.59 Å². The molecule has 0 unspecified atom stereocenters. The van der Waals surface area contributed by atoms with Crippen LogP contribution in [0, 0.1) is 11.8 Å². The summed E-state index contributed by atoms with van der Waals surface area (Å²) in [7, 11) is 0. The lowest BCUT2D eigenvalue weighted by atomic mass is 10.1. The van der Waals surface area contributed by atoms with E-state index in [1.165, 1.54) is 0 Å². The lowest BCUT2D eigenvalue weighted by molar-refractivity contribution is -0.150. The van der Waals surface area contributed by atoms with Crippen molar-refractivity contribution in [2.24, 2.45) is 11.8 Å². The number of hydrogen-bond acceptors (Lipinski definition) is 4. The molecule has 0 spiro atoms. The summed E-state index contributed by atoms with van der Waals surface area (Å²) in [5.41, 5.74) is 0. The molecular weight excluding hydrogens is 256 g/mol. The van der Waals surface area contributed by atoms with Crippen LogP contribution < -0.4 is 0 Å². The molecule has 20 heavy (non-hydrogen) atoms. The summed E-state index contributed by atoms with van der Waals surface area (Å²) in [5.74, 6) is -0.694. The fraction of sp³-hybridized carbons (Fsp3) is 0.250. The molecule has 0 aromatic heterocycles. The summed E-state index contributed by atoms with van der Waals surface area (Å²) in [4.78, 5) is 19.8. The molecule has 4 nitrogen and oxygen atoms in total. The van der Waals surface area contributed by atoms with E-state index in [1.54, 1.807) is 0 Å². The van der Waals surface area contributed by atoms with Crippen molar-refractivity contribution in [2.75, 3.05) is 13.2 Å². The number of carbonyl (C=O) groups excluding carboxylic acids is 2.